The van der Waals surface area contributed by atoms with Crippen molar-refractivity contribution in [3.63, 3.8) is 0 Å². The summed E-state index contributed by atoms with van der Waals surface area (Å²) in [4.78, 5) is 22.2. The number of rotatable bonds is 16. The molecule has 2 aromatic rings. The fourth-order valence-electron chi connectivity index (χ4n) is 3.37. The van der Waals surface area contributed by atoms with Gasteiger partial charge in [-0.05, 0) is 44.0 Å². The summed E-state index contributed by atoms with van der Waals surface area (Å²) in [5.41, 5.74) is 0.959. The zero-order valence-corrected chi connectivity index (χ0v) is 20.4. The molecule has 9 heteroatoms. The summed E-state index contributed by atoms with van der Waals surface area (Å²) >= 11 is 0. The van der Waals surface area contributed by atoms with E-state index in [1.54, 1.807) is 24.3 Å². The standard InChI is InChI=1S/C25H33NO7S/c1-21-12-18-24(19-13-21)34(30,31)32-20-10-8-6-4-2-3-5-7-9-11-25(27)33-23-16-14-22(15-17-23)26(28)29/h12-19H,2-11,20H2,1H3. The smallest absolute Gasteiger partial charge is 0.311 e. The van der Waals surface area contributed by atoms with Crippen molar-refractivity contribution in [3.8, 4) is 5.75 Å². The number of aryl methyl sites for hydroxylation is 1. The summed E-state index contributed by atoms with van der Waals surface area (Å²) in [6.45, 7) is 2.10. The molecule has 0 amide bonds. The van der Waals surface area contributed by atoms with E-state index in [-0.39, 0.29) is 23.2 Å². The average molecular weight is 492 g/mol. The molecule has 2 aromatic carbocycles. The average Bonchev–Trinajstić information content (AvgIpc) is 2.80. The first kappa shape index (κ1) is 27.5. The molecule has 0 aliphatic carbocycles. The molecule has 0 radical (unpaired) electrons. The third kappa shape index (κ3) is 10.4. The molecule has 0 aliphatic rings. The summed E-state index contributed by atoms with van der Waals surface area (Å²) in [5, 5.41) is 10.6. The van der Waals surface area contributed by atoms with Gasteiger partial charge in [0.1, 0.15) is 5.75 Å². The first-order chi connectivity index (χ1) is 16.3. The number of non-ortho nitro benzene ring substituents is 1. The SMILES string of the molecule is Cc1ccc(S(=O)(=O)OCCCCCCCCCCCC(=O)Oc2ccc([N+](=O)[O-])cc2)cc1. The van der Waals surface area contributed by atoms with Gasteiger partial charge in [-0.25, -0.2) is 0 Å². The Labute approximate surface area is 201 Å². The Morgan fingerprint density at radius 3 is 1.91 bits per heavy atom. The van der Waals surface area contributed by atoms with E-state index < -0.39 is 15.0 Å². The molecule has 0 N–H and O–H groups in total. The van der Waals surface area contributed by atoms with Crippen LogP contribution in [0.3, 0.4) is 0 Å². The monoisotopic (exact) mass is 491 g/mol. The van der Waals surface area contributed by atoms with Gasteiger partial charge in [-0.1, -0.05) is 62.6 Å². The normalized spacial score (nSPS) is 11.3. The number of esters is 1. The van der Waals surface area contributed by atoms with E-state index in [0.717, 1.165) is 56.9 Å². The van der Waals surface area contributed by atoms with Crippen LogP contribution >= 0.6 is 0 Å². The van der Waals surface area contributed by atoms with Gasteiger partial charge in [0.15, 0.2) is 0 Å². The highest BCUT2D eigenvalue weighted by molar-refractivity contribution is 7.86. The second kappa shape index (κ2) is 14.5. The van der Waals surface area contributed by atoms with Crippen LogP contribution in [0.25, 0.3) is 0 Å². The molecule has 0 saturated heterocycles. The van der Waals surface area contributed by atoms with E-state index >= 15 is 0 Å². The Hall–Kier alpha value is -2.78. The van der Waals surface area contributed by atoms with Crippen LogP contribution in [0.5, 0.6) is 5.75 Å². The summed E-state index contributed by atoms with van der Waals surface area (Å²) in [6.07, 6.45) is 9.03. The topological polar surface area (TPSA) is 113 Å². The highest BCUT2D eigenvalue weighted by Crippen LogP contribution is 2.18. The Morgan fingerprint density at radius 2 is 1.35 bits per heavy atom. The molecular formula is C25H33NO7S. The van der Waals surface area contributed by atoms with E-state index in [2.05, 4.69) is 0 Å². The number of nitro groups is 1. The third-order valence-electron chi connectivity index (χ3n) is 5.35. The van der Waals surface area contributed by atoms with Gasteiger partial charge < -0.3 is 4.74 Å². The third-order valence-corrected chi connectivity index (χ3v) is 6.68. The van der Waals surface area contributed by atoms with E-state index in [9.17, 15) is 23.3 Å². The molecular weight excluding hydrogens is 458 g/mol. The molecule has 186 valence electrons. The molecule has 0 heterocycles. The number of nitrogens with zero attached hydrogens (tertiary/aromatic N) is 1. The zero-order valence-electron chi connectivity index (χ0n) is 19.6. The fraction of sp³-hybridized carbons (Fsp3) is 0.480. The number of hydrogen-bond donors (Lipinski definition) is 0. The van der Waals surface area contributed by atoms with Crippen molar-refractivity contribution in [1.29, 1.82) is 0 Å². The Balaban J connectivity index is 1.43. The van der Waals surface area contributed by atoms with Crippen LogP contribution in [-0.2, 0) is 19.1 Å². The van der Waals surface area contributed by atoms with Crippen molar-refractivity contribution < 1.29 is 27.1 Å². The lowest BCUT2D eigenvalue weighted by atomic mass is 10.1. The maximum Gasteiger partial charge on any atom is 0.311 e. The van der Waals surface area contributed by atoms with Crippen LogP contribution in [0, 0.1) is 17.0 Å². The van der Waals surface area contributed by atoms with E-state index in [1.165, 1.54) is 24.3 Å². The molecule has 0 atom stereocenters. The predicted octanol–water partition coefficient (Wildman–Crippen LogP) is 6.12. The summed E-state index contributed by atoms with van der Waals surface area (Å²) in [6, 6.07) is 12.1. The lowest BCUT2D eigenvalue weighted by Crippen LogP contribution is -2.07. The van der Waals surface area contributed by atoms with Gasteiger partial charge in [0.25, 0.3) is 15.8 Å². The molecule has 0 unspecified atom stereocenters. The van der Waals surface area contributed by atoms with Gasteiger partial charge in [0.05, 0.1) is 16.4 Å². The number of carbonyl (C=O) groups is 1. The number of hydrogen-bond acceptors (Lipinski definition) is 7. The summed E-state index contributed by atoms with van der Waals surface area (Å²) in [7, 11) is -3.67. The number of carbonyl (C=O) groups excluding carboxylic acids is 1. The molecule has 34 heavy (non-hydrogen) atoms. The highest BCUT2D eigenvalue weighted by Gasteiger charge is 2.14. The molecule has 8 nitrogen and oxygen atoms in total. The Bertz CT molecular complexity index is 1000. The number of benzene rings is 2. The van der Waals surface area contributed by atoms with Crippen LogP contribution < -0.4 is 4.74 Å². The zero-order chi connectivity index (χ0) is 24.8. The van der Waals surface area contributed by atoms with Crippen molar-refractivity contribution in [1.82, 2.24) is 0 Å². The van der Waals surface area contributed by atoms with Gasteiger partial charge in [-0.3, -0.25) is 19.1 Å². The van der Waals surface area contributed by atoms with Crippen LogP contribution in [0.15, 0.2) is 53.4 Å². The van der Waals surface area contributed by atoms with Crippen molar-refractivity contribution in [3.05, 3.63) is 64.2 Å². The largest absolute Gasteiger partial charge is 0.427 e. The molecule has 0 saturated carbocycles. The van der Waals surface area contributed by atoms with E-state index in [1.807, 2.05) is 6.92 Å². The molecule has 0 aromatic heterocycles. The molecule has 2 rings (SSSR count). The van der Waals surface area contributed by atoms with Crippen molar-refractivity contribution >= 4 is 21.8 Å². The van der Waals surface area contributed by atoms with E-state index in [4.69, 9.17) is 8.92 Å². The number of nitro benzene ring substituents is 1. The summed E-state index contributed by atoms with van der Waals surface area (Å²) in [5.74, 6) is -0.0192. The molecule has 0 spiro atoms. The second-order valence-electron chi connectivity index (χ2n) is 8.25. The maximum atomic E-state index is 12.1. The first-order valence-electron chi connectivity index (χ1n) is 11.7. The van der Waals surface area contributed by atoms with Gasteiger partial charge in [0.2, 0.25) is 0 Å². The van der Waals surface area contributed by atoms with Gasteiger partial charge in [0, 0.05) is 18.6 Å². The van der Waals surface area contributed by atoms with Crippen molar-refractivity contribution in [2.45, 2.75) is 76.0 Å². The fourth-order valence-corrected chi connectivity index (χ4v) is 4.31. The molecule has 0 aliphatic heterocycles. The first-order valence-corrected chi connectivity index (χ1v) is 13.1. The Kier molecular flexibility index (Phi) is 11.7. The van der Waals surface area contributed by atoms with Crippen LogP contribution in [0.2, 0.25) is 0 Å². The highest BCUT2D eigenvalue weighted by atomic mass is 32.2. The minimum absolute atomic E-state index is 0.0424. The minimum Gasteiger partial charge on any atom is -0.427 e. The number of ether oxygens (including phenoxy) is 1. The van der Waals surface area contributed by atoms with Gasteiger partial charge in [-0.2, -0.15) is 8.42 Å². The minimum atomic E-state index is -3.67. The van der Waals surface area contributed by atoms with Crippen LogP contribution in [-0.4, -0.2) is 25.9 Å². The van der Waals surface area contributed by atoms with Gasteiger partial charge in [-0.15, -0.1) is 0 Å². The predicted molar refractivity (Wildman–Crippen MR) is 129 cm³/mol. The van der Waals surface area contributed by atoms with Crippen LogP contribution in [0.4, 0.5) is 5.69 Å². The van der Waals surface area contributed by atoms with Crippen molar-refractivity contribution in [2.75, 3.05) is 6.61 Å². The lowest BCUT2D eigenvalue weighted by molar-refractivity contribution is -0.384. The van der Waals surface area contributed by atoms with Gasteiger partial charge >= 0.3 is 5.97 Å². The van der Waals surface area contributed by atoms with Crippen LogP contribution in [0.1, 0.15) is 69.8 Å². The van der Waals surface area contributed by atoms with E-state index in [0.29, 0.717) is 18.6 Å². The summed E-state index contributed by atoms with van der Waals surface area (Å²) < 4.78 is 34.5. The number of unbranched alkanes of at least 4 members (excludes halogenated alkanes) is 8. The second-order valence-corrected chi connectivity index (χ2v) is 9.86. The molecule has 0 fully saturated rings. The Morgan fingerprint density at radius 1 is 0.824 bits per heavy atom. The maximum absolute atomic E-state index is 12.1. The quantitative estimate of drug-likeness (QED) is 0.0694. The molecule has 0 bridgehead atoms. The van der Waals surface area contributed by atoms with Crippen molar-refractivity contribution in [2.24, 2.45) is 0 Å². The lowest BCUT2D eigenvalue weighted by Gasteiger charge is -2.06.